The Bertz CT molecular complexity index is 1660. The number of benzene rings is 2. The molecule has 184 valence electrons. The molecule has 0 aliphatic carbocycles. The number of H-pyrrole nitrogens is 1. The number of aromatic amines is 1. The van der Waals surface area contributed by atoms with E-state index in [2.05, 4.69) is 32.3 Å². The maximum absolute atomic E-state index is 13.0. The maximum Gasteiger partial charge on any atom is 0.338 e. The number of carbonyl (C=O) groups excluding carboxylic acids is 1. The van der Waals surface area contributed by atoms with Crippen molar-refractivity contribution >= 4 is 33.2 Å². The lowest BCUT2D eigenvalue weighted by molar-refractivity contribution is -0.122. The van der Waals surface area contributed by atoms with E-state index in [1.54, 1.807) is 24.3 Å². The van der Waals surface area contributed by atoms with Gasteiger partial charge in [0.05, 0.1) is 4.47 Å². The van der Waals surface area contributed by atoms with Gasteiger partial charge in [-0.15, -0.1) is 0 Å². The number of halogens is 1. The van der Waals surface area contributed by atoms with E-state index in [1.807, 2.05) is 39.0 Å². The number of anilines is 1. The number of fused-ring (bicyclic) bond motifs is 1. The largest absolute Gasteiger partial charge is 0.480 e. The number of carbonyl (C=O) groups is 1. The Balaban J connectivity index is 1.69. The van der Waals surface area contributed by atoms with Crippen LogP contribution >= 0.6 is 15.9 Å². The fraction of sp³-hybridized carbons (Fsp3) is 0.231. The van der Waals surface area contributed by atoms with Crippen LogP contribution in [0.1, 0.15) is 30.2 Å². The third-order valence-electron chi connectivity index (χ3n) is 5.91. The molecule has 0 fully saturated rings. The van der Waals surface area contributed by atoms with Gasteiger partial charge in [0.25, 0.3) is 5.91 Å². The topological polar surface area (TPSA) is 121 Å². The second-order valence-electron chi connectivity index (χ2n) is 8.46. The highest BCUT2D eigenvalue weighted by atomic mass is 79.9. The number of nitrogens with one attached hydrogen (secondary N) is 2. The van der Waals surface area contributed by atoms with Gasteiger partial charge in [-0.3, -0.25) is 9.78 Å². The van der Waals surface area contributed by atoms with Crippen molar-refractivity contribution in [3.05, 3.63) is 84.7 Å². The number of nitriles is 1. The summed E-state index contributed by atoms with van der Waals surface area (Å²) >= 11 is 3.43. The van der Waals surface area contributed by atoms with Crippen LogP contribution in [0.2, 0.25) is 0 Å². The molecular formula is C26H24BrN5O4. The first-order valence-electron chi connectivity index (χ1n) is 11.2. The standard InChI is InChI=1S/C26H24BrN5O4/c1-5-19(36-20-10-9-14(2)11-15(20)3)24(33)29-17-8-6-7-16(12-17)21-18(13-28)32-23(22(21)27)30-25(34)31(4)26(32)35/h6-12,19H,5H2,1-4H3,(H,29,33)(H,30,34). The Labute approximate surface area is 215 Å². The molecule has 1 amide bonds. The molecule has 0 aliphatic rings. The average Bonchev–Trinajstić information content (AvgIpc) is 3.13. The first kappa shape index (κ1) is 25.0. The van der Waals surface area contributed by atoms with Gasteiger partial charge in [-0.1, -0.05) is 36.8 Å². The van der Waals surface area contributed by atoms with Crippen molar-refractivity contribution < 1.29 is 9.53 Å². The summed E-state index contributed by atoms with van der Waals surface area (Å²) in [6, 6.07) is 14.8. The first-order chi connectivity index (χ1) is 17.2. The normalized spacial score (nSPS) is 11.8. The van der Waals surface area contributed by atoms with Gasteiger partial charge in [0, 0.05) is 18.3 Å². The smallest absolute Gasteiger partial charge is 0.338 e. The number of hydrogen-bond donors (Lipinski definition) is 2. The van der Waals surface area contributed by atoms with Crippen LogP contribution in [0.15, 0.2) is 56.5 Å². The number of aromatic nitrogens is 3. The van der Waals surface area contributed by atoms with Gasteiger partial charge in [0.2, 0.25) is 0 Å². The Morgan fingerprint density at radius 2 is 1.97 bits per heavy atom. The van der Waals surface area contributed by atoms with Crippen LogP contribution in [0.25, 0.3) is 16.8 Å². The van der Waals surface area contributed by atoms with E-state index in [0.717, 1.165) is 20.1 Å². The fourth-order valence-corrected chi connectivity index (χ4v) is 4.71. The molecule has 2 N–H and O–H groups in total. The van der Waals surface area contributed by atoms with Gasteiger partial charge in [-0.25, -0.2) is 18.6 Å². The Hall–Kier alpha value is -4.10. The lowest BCUT2D eigenvalue weighted by atomic mass is 10.1. The SMILES string of the molecule is CCC(Oc1ccc(C)cc1C)C(=O)Nc1cccc(-c2c(Br)c3[nH]c(=O)n(C)c(=O)n3c2C#N)c1. The van der Waals surface area contributed by atoms with Crippen molar-refractivity contribution in [1.29, 1.82) is 5.26 Å². The van der Waals surface area contributed by atoms with Crippen LogP contribution in [-0.4, -0.2) is 26.0 Å². The zero-order valence-corrected chi connectivity index (χ0v) is 21.8. The van der Waals surface area contributed by atoms with E-state index in [1.165, 1.54) is 7.05 Å². The quantitative estimate of drug-likeness (QED) is 0.376. The zero-order chi connectivity index (χ0) is 26.1. The third kappa shape index (κ3) is 4.45. The van der Waals surface area contributed by atoms with Gasteiger partial charge < -0.3 is 10.1 Å². The zero-order valence-electron chi connectivity index (χ0n) is 20.2. The van der Waals surface area contributed by atoms with E-state index in [-0.39, 0.29) is 17.2 Å². The monoisotopic (exact) mass is 549 g/mol. The molecule has 0 aliphatic heterocycles. The van der Waals surface area contributed by atoms with Crippen molar-refractivity contribution in [2.75, 3.05) is 5.32 Å². The summed E-state index contributed by atoms with van der Waals surface area (Å²) in [5.74, 6) is 0.337. The molecule has 0 bridgehead atoms. The summed E-state index contributed by atoms with van der Waals surface area (Å²) in [6.07, 6.45) is -0.244. The Morgan fingerprint density at radius 1 is 1.22 bits per heavy atom. The minimum absolute atomic E-state index is 0.0572. The van der Waals surface area contributed by atoms with Gasteiger partial charge >= 0.3 is 11.4 Å². The van der Waals surface area contributed by atoms with Crippen LogP contribution in [0.3, 0.4) is 0 Å². The molecule has 0 saturated carbocycles. The van der Waals surface area contributed by atoms with Crippen molar-refractivity contribution in [3.8, 4) is 22.9 Å². The van der Waals surface area contributed by atoms with Crippen molar-refractivity contribution in [2.24, 2.45) is 7.05 Å². The summed E-state index contributed by atoms with van der Waals surface area (Å²) in [4.78, 5) is 40.5. The molecular weight excluding hydrogens is 526 g/mol. The molecule has 36 heavy (non-hydrogen) atoms. The summed E-state index contributed by atoms with van der Waals surface area (Å²) in [5.41, 5.74) is 2.54. The molecule has 10 heteroatoms. The summed E-state index contributed by atoms with van der Waals surface area (Å²) in [6.45, 7) is 5.80. The molecule has 1 atom stereocenters. The van der Waals surface area contributed by atoms with E-state index in [0.29, 0.717) is 33.5 Å². The second-order valence-corrected chi connectivity index (χ2v) is 9.25. The highest BCUT2D eigenvalue weighted by Crippen LogP contribution is 2.36. The minimum Gasteiger partial charge on any atom is -0.480 e. The highest BCUT2D eigenvalue weighted by molar-refractivity contribution is 9.10. The lowest BCUT2D eigenvalue weighted by Gasteiger charge is -2.19. The molecule has 4 rings (SSSR count). The molecule has 0 radical (unpaired) electrons. The number of ether oxygens (including phenoxy) is 1. The fourth-order valence-electron chi connectivity index (χ4n) is 4.02. The Morgan fingerprint density at radius 3 is 2.64 bits per heavy atom. The summed E-state index contributed by atoms with van der Waals surface area (Å²) < 4.78 is 8.42. The number of amides is 1. The molecule has 1 unspecified atom stereocenters. The molecule has 0 spiro atoms. The number of nitrogens with zero attached hydrogens (tertiary/aromatic N) is 3. The van der Waals surface area contributed by atoms with Crippen molar-refractivity contribution in [3.63, 3.8) is 0 Å². The van der Waals surface area contributed by atoms with Gasteiger partial charge in [0.1, 0.15) is 23.2 Å². The van der Waals surface area contributed by atoms with Crippen LogP contribution in [0.5, 0.6) is 5.75 Å². The van der Waals surface area contributed by atoms with E-state index in [9.17, 15) is 19.6 Å². The van der Waals surface area contributed by atoms with Crippen LogP contribution in [-0.2, 0) is 11.8 Å². The van der Waals surface area contributed by atoms with Gasteiger partial charge in [-0.05, 0) is 65.5 Å². The highest BCUT2D eigenvalue weighted by Gasteiger charge is 2.23. The molecule has 2 aromatic heterocycles. The van der Waals surface area contributed by atoms with E-state index >= 15 is 0 Å². The van der Waals surface area contributed by atoms with Crippen molar-refractivity contribution in [1.82, 2.24) is 14.0 Å². The van der Waals surface area contributed by atoms with Gasteiger partial charge in [-0.2, -0.15) is 5.26 Å². The van der Waals surface area contributed by atoms with Crippen molar-refractivity contribution in [2.45, 2.75) is 33.3 Å². The van der Waals surface area contributed by atoms with Crippen LogP contribution in [0, 0.1) is 25.2 Å². The number of rotatable bonds is 6. The third-order valence-corrected chi connectivity index (χ3v) is 6.68. The van der Waals surface area contributed by atoms with E-state index in [4.69, 9.17) is 4.74 Å². The van der Waals surface area contributed by atoms with Gasteiger partial charge in [0.15, 0.2) is 6.10 Å². The van der Waals surface area contributed by atoms with Crippen LogP contribution < -0.4 is 21.4 Å². The van der Waals surface area contributed by atoms with E-state index < -0.39 is 17.5 Å². The molecule has 4 aromatic rings. The molecule has 2 aromatic carbocycles. The summed E-state index contributed by atoms with van der Waals surface area (Å²) in [5, 5.41) is 12.7. The summed E-state index contributed by atoms with van der Waals surface area (Å²) in [7, 11) is 1.33. The maximum atomic E-state index is 13.0. The molecule has 0 saturated heterocycles. The number of hydrogen-bond acceptors (Lipinski definition) is 5. The lowest BCUT2D eigenvalue weighted by Crippen LogP contribution is -2.37. The Kier molecular flexibility index (Phi) is 6.86. The molecule has 2 heterocycles. The average molecular weight is 550 g/mol. The second kappa shape index (κ2) is 9.87. The number of aryl methyl sites for hydroxylation is 2. The molecule has 9 nitrogen and oxygen atoms in total. The predicted molar refractivity (Wildman–Crippen MR) is 140 cm³/mol. The minimum atomic E-state index is -0.707. The van der Waals surface area contributed by atoms with Crippen LogP contribution in [0.4, 0.5) is 5.69 Å². The predicted octanol–water partition coefficient (Wildman–Crippen LogP) is 4.04. The first-order valence-corrected chi connectivity index (χ1v) is 12.0.